The third-order valence-electron chi connectivity index (χ3n) is 4.79. The second-order valence-electron chi connectivity index (χ2n) is 6.94. The van der Waals surface area contributed by atoms with E-state index in [1.807, 2.05) is 0 Å². The van der Waals surface area contributed by atoms with E-state index < -0.39 is 23.7 Å². The molecule has 0 aromatic heterocycles. The fraction of sp³-hybridized carbons (Fsp3) is 0.217. The van der Waals surface area contributed by atoms with Gasteiger partial charge in [0, 0.05) is 12.2 Å². The molecule has 2 amide bonds. The average molecular weight is 456 g/mol. The Balaban J connectivity index is 1.78. The first-order valence-corrected chi connectivity index (χ1v) is 10.3. The molecule has 9 heteroatoms. The van der Waals surface area contributed by atoms with E-state index >= 15 is 0 Å². The van der Waals surface area contributed by atoms with Gasteiger partial charge in [-0.05, 0) is 67.7 Å². The highest BCUT2D eigenvalue weighted by Gasteiger charge is 2.43. The summed E-state index contributed by atoms with van der Waals surface area (Å²) >= 11 is 5.50. The van der Waals surface area contributed by atoms with Gasteiger partial charge in [-0.1, -0.05) is 6.08 Å². The zero-order chi connectivity index (χ0) is 23.3. The van der Waals surface area contributed by atoms with Crippen LogP contribution in [0.4, 0.5) is 15.8 Å². The van der Waals surface area contributed by atoms with Gasteiger partial charge in [-0.15, -0.1) is 6.58 Å². The quantitative estimate of drug-likeness (QED) is 0.373. The number of amides is 2. The lowest BCUT2D eigenvalue weighted by molar-refractivity contribution is -0.124. The Labute approximate surface area is 190 Å². The molecule has 1 fully saturated rings. The molecule has 166 valence electrons. The maximum atomic E-state index is 13.2. The second kappa shape index (κ2) is 10.1. The zero-order valence-corrected chi connectivity index (χ0v) is 18.2. The van der Waals surface area contributed by atoms with Gasteiger partial charge in [-0.25, -0.2) is 9.18 Å². The topological polar surface area (TPSA) is 79.0 Å². The first-order chi connectivity index (χ1) is 15.3. The van der Waals surface area contributed by atoms with Crippen molar-refractivity contribution < 1.29 is 23.5 Å². The number of thiocarbonyl (C=S) groups is 1. The summed E-state index contributed by atoms with van der Waals surface area (Å²) in [5.41, 5.74) is 1.25. The Morgan fingerprint density at radius 2 is 1.84 bits per heavy atom. The van der Waals surface area contributed by atoms with Crippen LogP contribution >= 0.6 is 12.2 Å². The summed E-state index contributed by atoms with van der Waals surface area (Å²) in [6.45, 7) is 5.95. The first-order valence-electron chi connectivity index (χ1n) is 9.93. The van der Waals surface area contributed by atoms with Crippen LogP contribution in [-0.2, 0) is 14.3 Å². The smallest absolute Gasteiger partial charge is 0.338 e. The van der Waals surface area contributed by atoms with Gasteiger partial charge in [0.05, 0.1) is 24.3 Å². The molecule has 1 heterocycles. The highest BCUT2D eigenvalue weighted by Crippen LogP contribution is 2.28. The molecule has 3 rings (SSSR count). The number of carbonyl (C=O) groups is 3. The van der Waals surface area contributed by atoms with E-state index in [0.717, 1.165) is 0 Å². The number of hydrogen-bond donors (Lipinski definition) is 1. The molecule has 1 N–H and O–H groups in total. The first kappa shape index (κ1) is 23.1. The minimum absolute atomic E-state index is 0.151. The van der Waals surface area contributed by atoms with Crippen molar-refractivity contribution in [2.75, 3.05) is 23.4 Å². The third kappa shape index (κ3) is 5.00. The molecule has 32 heavy (non-hydrogen) atoms. The number of nitrogens with one attached hydrogen (secondary N) is 1. The van der Waals surface area contributed by atoms with E-state index in [0.29, 0.717) is 16.9 Å². The molecule has 0 aliphatic carbocycles. The standard InChI is InChI=1S/C23H22FN3O4S/c1-3-13-26-19(14-20(28)25-17-9-7-16(24)8-10-17)21(29)27(23(26)32)18-11-5-15(6-12-18)22(30)31-4-2/h3,5-12,19H,1,4,13-14H2,2H3,(H,25,28)/t19-/m0/s1. The summed E-state index contributed by atoms with van der Waals surface area (Å²) < 4.78 is 18.0. The van der Waals surface area contributed by atoms with Crippen LogP contribution in [0, 0.1) is 5.82 Å². The molecule has 0 spiro atoms. The van der Waals surface area contributed by atoms with E-state index in [2.05, 4.69) is 11.9 Å². The SMILES string of the molecule is C=CCN1C(=S)N(c2ccc(C(=O)OCC)cc2)C(=O)[C@@H]1CC(=O)Nc1ccc(F)cc1. The monoisotopic (exact) mass is 455 g/mol. The lowest BCUT2D eigenvalue weighted by Gasteiger charge is -2.22. The number of halogens is 1. The Morgan fingerprint density at radius 3 is 2.44 bits per heavy atom. The third-order valence-corrected chi connectivity index (χ3v) is 5.20. The zero-order valence-electron chi connectivity index (χ0n) is 17.4. The van der Waals surface area contributed by atoms with E-state index in [4.69, 9.17) is 17.0 Å². The minimum Gasteiger partial charge on any atom is -0.462 e. The maximum Gasteiger partial charge on any atom is 0.338 e. The van der Waals surface area contributed by atoms with Crippen molar-refractivity contribution in [1.29, 1.82) is 0 Å². The predicted molar refractivity (Wildman–Crippen MR) is 123 cm³/mol. The molecule has 1 atom stereocenters. The van der Waals surface area contributed by atoms with Crippen molar-refractivity contribution in [1.82, 2.24) is 4.90 Å². The van der Waals surface area contributed by atoms with E-state index in [1.54, 1.807) is 42.2 Å². The van der Waals surface area contributed by atoms with Crippen LogP contribution in [0.15, 0.2) is 61.2 Å². The highest BCUT2D eigenvalue weighted by molar-refractivity contribution is 7.80. The number of rotatable bonds is 8. The van der Waals surface area contributed by atoms with Gasteiger partial charge in [0.1, 0.15) is 11.9 Å². The summed E-state index contributed by atoms with van der Waals surface area (Å²) in [6, 6.07) is 10.8. The summed E-state index contributed by atoms with van der Waals surface area (Å²) in [5.74, 6) is -1.65. The summed E-state index contributed by atoms with van der Waals surface area (Å²) in [7, 11) is 0. The van der Waals surface area contributed by atoms with Gasteiger partial charge < -0.3 is 15.0 Å². The predicted octanol–water partition coefficient (Wildman–Crippen LogP) is 3.52. The summed E-state index contributed by atoms with van der Waals surface area (Å²) in [6.07, 6.45) is 1.44. The van der Waals surface area contributed by atoms with Crippen LogP contribution in [-0.4, -0.2) is 47.0 Å². The van der Waals surface area contributed by atoms with Gasteiger partial charge in [0.15, 0.2) is 5.11 Å². The van der Waals surface area contributed by atoms with Crippen molar-refractivity contribution in [3.63, 3.8) is 0 Å². The number of carbonyl (C=O) groups excluding carboxylic acids is 3. The van der Waals surface area contributed by atoms with Crippen molar-refractivity contribution in [2.45, 2.75) is 19.4 Å². The second-order valence-corrected chi connectivity index (χ2v) is 7.30. The lowest BCUT2D eigenvalue weighted by atomic mass is 10.1. The Bertz CT molecular complexity index is 1040. The van der Waals surface area contributed by atoms with Crippen LogP contribution in [0.5, 0.6) is 0 Å². The van der Waals surface area contributed by atoms with Gasteiger partial charge in [-0.3, -0.25) is 14.5 Å². The molecular formula is C23H22FN3O4S. The molecule has 1 saturated heterocycles. The highest BCUT2D eigenvalue weighted by atomic mass is 32.1. The number of esters is 1. The van der Waals surface area contributed by atoms with Crippen molar-refractivity contribution in [2.24, 2.45) is 0 Å². The van der Waals surface area contributed by atoms with Crippen molar-refractivity contribution >= 4 is 46.5 Å². The molecule has 2 aromatic rings. The molecule has 0 radical (unpaired) electrons. The molecule has 0 bridgehead atoms. The lowest BCUT2D eigenvalue weighted by Crippen LogP contribution is -2.37. The molecule has 0 saturated carbocycles. The Kier molecular flexibility index (Phi) is 7.32. The number of hydrogen-bond acceptors (Lipinski definition) is 5. The Hall–Kier alpha value is -3.59. The van der Waals surface area contributed by atoms with E-state index in [1.165, 1.54) is 29.2 Å². The van der Waals surface area contributed by atoms with Crippen LogP contribution in [0.3, 0.4) is 0 Å². The molecule has 7 nitrogen and oxygen atoms in total. The van der Waals surface area contributed by atoms with Crippen LogP contribution in [0.1, 0.15) is 23.7 Å². The molecule has 0 unspecified atom stereocenters. The van der Waals surface area contributed by atoms with Gasteiger partial charge in [-0.2, -0.15) is 0 Å². The van der Waals surface area contributed by atoms with Gasteiger partial charge >= 0.3 is 5.97 Å². The molecule has 1 aliphatic rings. The van der Waals surface area contributed by atoms with Crippen LogP contribution < -0.4 is 10.2 Å². The van der Waals surface area contributed by atoms with E-state index in [9.17, 15) is 18.8 Å². The van der Waals surface area contributed by atoms with Crippen molar-refractivity contribution in [3.8, 4) is 0 Å². The molecular weight excluding hydrogens is 433 g/mol. The van der Waals surface area contributed by atoms with E-state index in [-0.39, 0.29) is 30.6 Å². The van der Waals surface area contributed by atoms with Gasteiger partial charge in [0.25, 0.3) is 5.91 Å². The molecule has 1 aliphatic heterocycles. The van der Waals surface area contributed by atoms with Crippen LogP contribution in [0.2, 0.25) is 0 Å². The Morgan fingerprint density at radius 1 is 1.19 bits per heavy atom. The fourth-order valence-electron chi connectivity index (χ4n) is 3.30. The summed E-state index contributed by atoms with van der Waals surface area (Å²) in [5, 5.41) is 2.89. The normalized spacial score (nSPS) is 15.6. The fourth-order valence-corrected chi connectivity index (χ4v) is 3.70. The molecule has 2 aromatic carbocycles. The largest absolute Gasteiger partial charge is 0.462 e. The number of benzene rings is 2. The van der Waals surface area contributed by atoms with Crippen LogP contribution in [0.25, 0.3) is 0 Å². The average Bonchev–Trinajstić information content (AvgIpc) is 3.00. The summed E-state index contributed by atoms with van der Waals surface area (Å²) in [4.78, 5) is 40.6. The van der Waals surface area contributed by atoms with Crippen molar-refractivity contribution in [3.05, 3.63) is 72.6 Å². The number of ether oxygens (including phenoxy) is 1. The number of anilines is 2. The maximum absolute atomic E-state index is 13.2. The number of nitrogens with zero attached hydrogens (tertiary/aromatic N) is 2. The minimum atomic E-state index is -0.828. The van der Waals surface area contributed by atoms with Gasteiger partial charge in [0.2, 0.25) is 5.91 Å².